The number of carbonyl (C=O) groups is 1. The van der Waals surface area contributed by atoms with Gasteiger partial charge in [0.05, 0.1) is 6.61 Å². The number of hydrogen-bond acceptors (Lipinski definition) is 4. The molecule has 1 saturated heterocycles. The van der Waals surface area contributed by atoms with Crippen LogP contribution in [-0.2, 0) is 9.47 Å². The van der Waals surface area contributed by atoms with Crippen LogP contribution in [0.25, 0.3) is 0 Å². The second-order valence-corrected chi connectivity index (χ2v) is 3.24. The number of aliphatic hydroxyl groups excluding tert-OH is 1. The number of unbranched alkanes of at least 4 members (excludes halogenated alkanes) is 2. The number of carbonyl (C=O) groups excluding carboxylic acids is 1. The number of aliphatic hydroxyl groups is 1. The molecule has 0 bridgehead atoms. The lowest BCUT2D eigenvalue weighted by Crippen LogP contribution is -2.25. The Kier molecular flexibility index (Phi) is 4.02. The Bertz CT molecular complexity index is 169. The van der Waals surface area contributed by atoms with Crippen LogP contribution in [0.15, 0.2) is 0 Å². The fourth-order valence-corrected chi connectivity index (χ4v) is 1.42. The highest BCUT2D eigenvalue weighted by Gasteiger charge is 2.35. The lowest BCUT2D eigenvalue weighted by atomic mass is 10.1. The molecule has 4 heteroatoms. The van der Waals surface area contributed by atoms with Gasteiger partial charge in [-0.3, -0.25) is 0 Å². The van der Waals surface area contributed by atoms with E-state index in [1.165, 1.54) is 0 Å². The van der Waals surface area contributed by atoms with Crippen LogP contribution < -0.4 is 0 Å². The molecule has 0 unspecified atom stereocenters. The molecule has 1 heterocycles. The SMILES string of the molecule is CCCCC[C@@H]1OC(=O)O[C@@H]1CO. The van der Waals surface area contributed by atoms with E-state index < -0.39 is 12.3 Å². The quantitative estimate of drug-likeness (QED) is 0.524. The smallest absolute Gasteiger partial charge is 0.427 e. The fraction of sp³-hybridized carbons (Fsp3) is 0.889. The summed E-state index contributed by atoms with van der Waals surface area (Å²) in [5.74, 6) is 0. The van der Waals surface area contributed by atoms with Crippen molar-refractivity contribution in [2.45, 2.75) is 44.8 Å². The number of rotatable bonds is 5. The van der Waals surface area contributed by atoms with Gasteiger partial charge in [0.15, 0.2) is 6.10 Å². The molecule has 0 aromatic carbocycles. The normalized spacial score (nSPS) is 27.1. The van der Waals surface area contributed by atoms with E-state index in [0.717, 1.165) is 25.7 Å². The van der Waals surface area contributed by atoms with Crippen molar-refractivity contribution in [3.8, 4) is 0 Å². The van der Waals surface area contributed by atoms with Gasteiger partial charge in [-0.25, -0.2) is 4.79 Å². The Morgan fingerprint density at radius 2 is 2.00 bits per heavy atom. The van der Waals surface area contributed by atoms with Gasteiger partial charge in [-0.15, -0.1) is 0 Å². The van der Waals surface area contributed by atoms with Crippen LogP contribution >= 0.6 is 0 Å². The molecule has 0 aromatic rings. The number of hydrogen-bond donors (Lipinski definition) is 1. The second kappa shape index (κ2) is 5.07. The van der Waals surface area contributed by atoms with E-state index in [9.17, 15) is 4.79 Å². The molecule has 0 spiro atoms. The van der Waals surface area contributed by atoms with Crippen molar-refractivity contribution < 1.29 is 19.4 Å². The van der Waals surface area contributed by atoms with E-state index in [1.54, 1.807) is 0 Å². The zero-order chi connectivity index (χ0) is 9.68. The minimum atomic E-state index is -0.652. The Morgan fingerprint density at radius 1 is 1.31 bits per heavy atom. The van der Waals surface area contributed by atoms with Crippen molar-refractivity contribution in [3.05, 3.63) is 0 Å². The minimum Gasteiger partial charge on any atom is -0.427 e. The molecule has 2 atom stereocenters. The molecule has 0 aromatic heterocycles. The molecule has 13 heavy (non-hydrogen) atoms. The lowest BCUT2D eigenvalue weighted by molar-refractivity contribution is 0.0785. The van der Waals surface area contributed by atoms with Gasteiger partial charge in [-0.05, 0) is 12.8 Å². The largest absolute Gasteiger partial charge is 0.509 e. The van der Waals surface area contributed by atoms with Crippen LogP contribution in [0.3, 0.4) is 0 Å². The highest BCUT2D eigenvalue weighted by Crippen LogP contribution is 2.20. The number of cyclic esters (lactones) is 2. The molecule has 1 fully saturated rings. The molecular formula is C9H16O4. The predicted molar refractivity (Wildman–Crippen MR) is 46.4 cm³/mol. The van der Waals surface area contributed by atoms with Crippen molar-refractivity contribution in [1.29, 1.82) is 0 Å². The summed E-state index contributed by atoms with van der Waals surface area (Å²) in [4.78, 5) is 10.7. The minimum absolute atomic E-state index is 0.150. The molecular weight excluding hydrogens is 172 g/mol. The molecule has 0 amide bonds. The van der Waals surface area contributed by atoms with Crippen molar-refractivity contribution in [3.63, 3.8) is 0 Å². The lowest BCUT2D eigenvalue weighted by Gasteiger charge is -2.11. The van der Waals surface area contributed by atoms with Crippen LogP contribution in [0.5, 0.6) is 0 Å². The van der Waals surface area contributed by atoms with E-state index in [4.69, 9.17) is 14.6 Å². The summed E-state index contributed by atoms with van der Waals surface area (Å²) in [6, 6.07) is 0. The van der Waals surface area contributed by atoms with Crippen molar-refractivity contribution >= 4 is 6.16 Å². The van der Waals surface area contributed by atoms with Gasteiger partial charge in [-0.1, -0.05) is 19.8 Å². The zero-order valence-corrected chi connectivity index (χ0v) is 7.86. The average Bonchev–Trinajstić information content (AvgIpc) is 2.47. The highest BCUT2D eigenvalue weighted by molar-refractivity contribution is 5.62. The Hall–Kier alpha value is -0.770. The fourth-order valence-electron chi connectivity index (χ4n) is 1.42. The average molecular weight is 188 g/mol. The van der Waals surface area contributed by atoms with Crippen LogP contribution in [0, 0.1) is 0 Å². The van der Waals surface area contributed by atoms with Crippen molar-refractivity contribution in [2.24, 2.45) is 0 Å². The summed E-state index contributed by atoms with van der Waals surface area (Å²) in [7, 11) is 0. The van der Waals surface area contributed by atoms with Gasteiger partial charge in [0.2, 0.25) is 0 Å². The topological polar surface area (TPSA) is 55.8 Å². The third kappa shape index (κ3) is 2.88. The summed E-state index contributed by atoms with van der Waals surface area (Å²) in [5, 5.41) is 8.85. The van der Waals surface area contributed by atoms with Crippen LogP contribution in [0.1, 0.15) is 32.6 Å². The van der Waals surface area contributed by atoms with Gasteiger partial charge in [0, 0.05) is 0 Å². The summed E-state index contributed by atoms with van der Waals surface area (Å²) in [6.45, 7) is 1.96. The molecule has 1 aliphatic rings. The molecule has 76 valence electrons. The standard InChI is InChI=1S/C9H16O4/c1-2-3-4-5-7-8(6-10)13-9(11)12-7/h7-8,10H,2-6H2,1H3/t7-,8+/m0/s1. The van der Waals surface area contributed by atoms with Gasteiger partial charge < -0.3 is 14.6 Å². The Labute approximate surface area is 77.8 Å². The molecule has 0 radical (unpaired) electrons. The first kappa shape index (κ1) is 10.3. The van der Waals surface area contributed by atoms with E-state index in [-0.39, 0.29) is 12.7 Å². The van der Waals surface area contributed by atoms with Crippen molar-refractivity contribution in [1.82, 2.24) is 0 Å². The van der Waals surface area contributed by atoms with Gasteiger partial charge in [0.25, 0.3) is 0 Å². The third-order valence-electron chi connectivity index (χ3n) is 2.18. The maximum Gasteiger partial charge on any atom is 0.509 e. The first-order chi connectivity index (χ1) is 6.27. The zero-order valence-electron chi connectivity index (χ0n) is 7.86. The molecule has 0 aliphatic carbocycles. The van der Waals surface area contributed by atoms with E-state index in [0.29, 0.717) is 0 Å². The molecule has 1 aliphatic heterocycles. The van der Waals surface area contributed by atoms with Gasteiger partial charge in [-0.2, -0.15) is 0 Å². The monoisotopic (exact) mass is 188 g/mol. The highest BCUT2D eigenvalue weighted by atomic mass is 16.8. The van der Waals surface area contributed by atoms with Gasteiger partial charge >= 0.3 is 6.16 Å². The van der Waals surface area contributed by atoms with E-state index >= 15 is 0 Å². The second-order valence-electron chi connectivity index (χ2n) is 3.24. The molecule has 1 N–H and O–H groups in total. The molecule has 4 nitrogen and oxygen atoms in total. The van der Waals surface area contributed by atoms with Crippen LogP contribution in [0.4, 0.5) is 4.79 Å². The Morgan fingerprint density at radius 3 is 2.62 bits per heavy atom. The Balaban J connectivity index is 2.27. The summed E-state index contributed by atoms with van der Waals surface area (Å²) < 4.78 is 9.63. The predicted octanol–water partition coefficient (Wildman–Crippen LogP) is 1.46. The summed E-state index contributed by atoms with van der Waals surface area (Å²) in [5.41, 5.74) is 0. The van der Waals surface area contributed by atoms with Gasteiger partial charge in [0.1, 0.15) is 6.10 Å². The van der Waals surface area contributed by atoms with E-state index in [2.05, 4.69) is 6.92 Å². The third-order valence-corrected chi connectivity index (χ3v) is 2.18. The maximum atomic E-state index is 10.7. The van der Waals surface area contributed by atoms with E-state index in [1.807, 2.05) is 0 Å². The van der Waals surface area contributed by atoms with Crippen molar-refractivity contribution in [2.75, 3.05) is 6.61 Å². The molecule has 0 saturated carbocycles. The first-order valence-electron chi connectivity index (χ1n) is 4.76. The van der Waals surface area contributed by atoms with Crippen LogP contribution in [0.2, 0.25) is 0 Å². The molecule has 1 rings (SSSR count). The number of ether oxygens (including phenoxy) is 2. The first-order valence-corrected chi connectivity index (χ1v) is 4.76. The summed E-state index contributed by atoms with van der Waals surface area (Å²) >= 11 is 0. The summed E-state index contributed by atoms with van der Waals surface area (Å²) in [6.07, 6.45) is 2.69. The van der Waals surface area contributed by atoms with Crippen LogP contribution in [-0.4, -0.2) is 30.1 Å². The maximum absolute atomic E-state index is 10.7.